The highest BCUT2D eigenvalue weighted by atomic mass is 127. The molecule has 0 amide bonds. The quantitative estimate of drug-likeness (QED) is 0.302. The first-order chi connectivity index (χ1) is 8.51. The van der Waals surface area contributed by atoms with Gasteiger partial charge in [-0.3, -0.25) is 4.99 Å². The van der Waals surface area contributed by atoms with Gasteiger partial charge in [-0.25, -0.2) is 0 Å². The van der Waals surface area contributed by atoms with Gasteiger partial charge < -0.3 is 10.6 Å². The predicted molar refractivity (Wildman–Crippen MR) is 82.0 cm³/mol. The maximum absolute atomic E-state index is 12.0. The molecule has 0 saturated heterocycles. The number of hydrogen-bond acceptors (Lipinski definition) is 1. The fraction of sp³-hybridized carbons (Fsp3) is 0.917. The van der Waals surface area contributed by atoms with Crippen LogP contribution >= 0.6 is 24.0 Å². The highest BCUT2D eigenvalue weighted by molar-refractivity contribution is 14.0. The van der Waals surface area contributed by atoms with Gasteiger partial charge in [0, 0.05) is 19.6 Å². The highest BCUT2D eigenvalue weighted by Gasteiger charge is 2.26. The van der Waals surface area contributed by atoms with Crippen LogP contribution in [0.3, 0.4) is 0 Å². The predicted octanol–water partition coefficient (Wildman–Crippen LogP) is 3.30. The van der Waals surface area contributed by atoms with Gasteiger partial charge in [-0.1, -0.05) is 12.8 Å². The summed E-state index contributed by atoms with van der Waals surface area (Å²) in [6.45, 7) is 3.10. The number of nitrogens with zero attached hydrogens (tertiary/aromatic N) is 1. The number of hydrogen-bond donors (Lipinski definition) is 2. The summed E-state index contributed by atoms with van der Waals surface area (Å²) in [5.41, 5.74) is 0. The van der Waals surface area contributed by atoms with E-state index in [0.29, 0.717) is 19.0 Å². The van der Waals surface area contributed by atoms with E-state index in [1.165, 1.54) is 19.3 Å². The van der Waals surface area contributed by atoms with E-state index < -0.39 is 12.6 Å². The molecular weight excluding hydrogens is 370 g/mol. The summed E-state index contributed by atoms with van der Waals surface area (Å²) in [7, 11) is 0. The molecule has 0 heterocycles. The Morgan fingerprint density at radius 2 is 1.95 bits per heavy atom. The first-order valence-electron chi connectivity index (χ1n) is 6.60. The van der Waals surface area contributed by atoms with Gasteiger partial charge in [0.05, 0.1) is 6.42 Å². The Morgan fingerprint density at radius 1 is 1.26 bits per heavy atom. The summed E-state index contributed by atoms with van der Waals surface area (Å²) in [5.74, 6) is 1.36. The zero-order valence-corrected chi connectivity index (χ0v) is 13.6. The lowest BCUT2D eigenvalue weighted by atomic mass is 10.2. The monoisotopic (exact) mass is 393 g/mol. The number of guanidine groups is 1. The van der Waals surface area contributed by atoms with Crippen molar-refractivity contribution in [2.75, 3.05) is 19.6 Å². The summed E-state index contributed by atoms with van der Waals surface area (Å²) in [6, 6.07) is 0. The Kier molecular flexibility index (Phi) is 9.55. The minimum atomic E-state index is -4.11. The highest BCUT2D eigenvalue weighted by Crippen LogP contribution is 2.33. The fourth-order valence-electron chi connectivity index (χ4n) is 1.64. The second-order valence-electron chi connectivity index (χ2n) is 4.64. The third-order valence-electron chi connectivity index (χ3n) is 2.78. The molecule has 3 nitrogen and oxygen atoms in total. The van der Waals surface area contributed by atoms with Crippen LogP contribution in [-0.2, 0) is 0 Å². The van der Waals surface area contributed by atoms with Crippen LogP contribution in [0.25, 0.3) is 0 Å². The molecule has 0 aromatic carbocycles. The van der Waals surface area contributed by atoms with Crippen molar-refractivity contribution in [3.8, 4) is 0 Å². The van der Waals surface area contributed by atoms with Crippen molar-refractivity contribution in [2.24, 2.45) is 10.9 Å². The fourth-order valence-corrected chi connectivity index (χ4v) is 1.64. The average Bonchev–Trinajstić information content (AvgIpc) is 3.06. The van der Waals surface area contributed by atoms with Gasteiger partial charge in [-0.15, -0.1) is 24.0 Å². The molecule has 7 heteroatoms. The lowest BCUT2D eigenvalue weighted by molar-refractivity contribution is -0.132. The maximum Gasteiger partial charge on any atom is 0.390 e. The summed E-state index contributed by atoms with van der Waals surface area (Å²) < 4.78 is 36.0. The van der Waals surface area contributed by atoms with Crippen molar-refractivity contribution in [3.63, 3.8) is 0 Å². The minimum Gasteiger partial charge on any atom is -0.357 e. The molecule has 114 valence electrons. The van der Waals surface area contributed by atoms with Crippen LogP contribution in [0, 0.1) is 5.92 Å². The van der Waals surface area contributed by atoms with Crippen LogP contribution < -0.4 is 10.6 Å². The molecule has 1 rings (SSSR count). The Balaban J connectivity index is 0.00000324. The van der Waals surface area contributed by atoms with Gasteiger partial charge in [0.25, 0.3) is 0 Å². The summed E-state index contributed by atoms with van der Waals surface area (Å²) in [4.78, 5) is 4.26. The van der Waals surface area contributed by atoms with Crippen molar-refractivity contribution in [1.82, 2.24) is 10.6 Å². The number of alkyl halides is 3. The van der Waals surface area contributed by atoms with Crippen LogP contribution in [-0.4, -0.2) is 31.8 Å². The number of nitrogens with one attached hydrogen (secondary N) is 2. The van der Waals surface area contributed by atoms with Crippen molar-refractivity contribution in [1.29, 1.82) is 0 Å². The van der Waals surface area contributed by atoms with E-state index in [2.05, 4.69) is 15.6 Å². The van der Waals surface area contributed by atoms with Gasteiger partial charge >= 0.3 is 6.18 Å². The van der Waals surface area contributed by atoms with E-state index in [9.17, 15) is 13.2 Å². The van der Waals surface area contributed by atoms with Gasteiger partial charge in [0.15, 0.2) is 5.96 Å². The van der Waals surface area contributed by atoms with Gasteiger partial charge in [0.1, 0.15) is 0 Å². The Morgan fingerprint density at radius 3 is 2.47 bits per heavy atom. The van der Waals surface area contributed by atoms with Crippen molar-refractivity contribution < 1.29 is 13.2 Å². The van der Waals surface area contributed by atoms with E-state index >= 15 is 0 Å². The number of rotatable bonds is 7. The molecule has 1 fully saturated rings. The SMILES string of the molecule is CCNC(=NCCCC1CC1)NCCC(F)(F)F.I. The molecule has 0 aliphatic heterocycles. The molecule has 1 saturated carbocycles. The van der Waals surface area contributed by atoms with Crippen LogP contribution in [0.15, 0.2) is 4.99 Å². The zero-order valence-electron chi connectivity index (χ0n) is 11.2. The smallest absolute Gasteiger partial charge is 0.357 e. The molecular formula is C12H23F3IN3. The van der Waals surface area contributed by atoms with E-state index in [1.807, 2.05) is 6.92 Å². The minimum absolute atomic E-state index is 0. The molecule has 0 aromatic rings. The number of aliphatic imine (C=N–C) groups is 1. The molecule has 1 aliphatic rings. The average molecular weight is 393 g/mol. The molecule has 1 aliphatic carbocycles. The molecule has 0 spiro atoms. The van der Waals surface area contributed by atoms with E-state index in [4.69, 9.17) is 0 Å². The molecule has 0 radical (unpaired) electrons. The van der Waals surface area contributed by atoms with E-state index in [1.54, 1.807) is 0 Å². The standard InChI is InChI=1S/C12H22F3N3.HI/c1-2-16-11(18-9-7-12(13,14)15)17-8-3-4-10-5-6-10;/h10H,2-9H2,1H3,(H2,16,17,18);1H. The Bertz CT molecular complexity index is 265. The first-order valence-corrected chi connectivity index (χ1v) is 6.60. The molecule has 0 bridgehead atoms. The molecule has 0 unspecified atom stereocenters. The normalized spacial score (nSPS) is 15.9. The largest absolute Gasteiger partial charge is 0.390 e. The molecule has 0 aromatic heterocycles. The van der Waals surface area contributed by atoms with Crippen LogP contribution in [0.2, 0.25) is 0 Å². The van der Waals surface area contributed by atoms with Gasteiger partial charge in [-0.05, 0) is 25.7 Å². The summed E-state index contributed by atoms with van der Waals surface area (Å²) in [6.07, 6.45) is -0.0943. The lowest BCUT2D eigenvalue weighted by Crippen LogP contribution is -2.39. The maximum atomic E-state index is 12.0. The van der Waals surface area contributed by atoms with Crippen molar-refractivity contribution >= 4 is 29.9 Å². The topological polar surface area (TPSA) is 36.4 Å². The summed E-state index contributed by atoms with van der Waals surface area (Å²) >= 11 is 0. The third kappa shape index (κ3) is 11.3. The molecule has 19 heavy (non-hydrogen) atoms. The van der Waals surface area contributed by atoms with Crippen LogP contribution in [0.4, 0.5) is 13.2 Å². The van der Waals surface area contributed by atoms with Crippen LogP contribution in [0.5, 0.6) is 0 Å². The van der Waals surface area contributed by atoms with Crippen molar-refractivity contribution in [3.05, 3.63) is 0 Å². The molecule has 2 N–H and O–H groups in total. The first kappa shape index (κ1) is 18.8. The van der Waals surface area contributed by atoms with E-state index in [-0.39, 0.29) is 30.5 Å². The Labute approximate surface area is 129 Å². The lowest BCUT2D eigenvalue weighted by Gasteiger charge is -2.12. The zero-order chi connectivity index (χ0) is 13.4. The summed E-state index contributed by atoms with van der Waals surface area (Å²) in [5, 5.41) is 5.64. The van der Waals surface area contributed by atoms with Crippen LogP contribution in [0.1, 0.15) is 39.0 Å². The second-order valence-corrected chi connectivity index (χ2v) is 4.64. The Hall–Kier alpha value is -0.210. The van der Waals surface area contributed by atoms with Gasteiger partial charge in [-0.2, -0.15) is 13.2 Å². The van der Waals surface area contributed by atoms with Crippen molar-refractivity contribution in [2.45, 2.75) is 45.2 Å². The third-order valence-corrected chi connectivity index (χ3v) is 2.78. The number of halogens is 4. The second kappa shape index (κ2) is 9.66. The van der Waals surface area contributed by atoms with E-state index in [0.717, 1.165) is 12.3 Å². The molecule has 0 atom stereocenters. The van der Waals surface area contributed by atoms with Gasteiger partial charge in [0.2, 0.25) is 0 Å².